The van der Waals surface area contributed by atoms with E-state index in [1.54, 1.807) is 6.20 Å². The Labute approximate surface area is 215 Å². The number of nitrogens with one attached hydrogen (secondary N) is 3. The zero-order valence-corrected chi connectivity index (χ0v) is 20.5. The van der Waals surface area contributed by atoms with Crippen molar-refractivity contribution in [2.24, 2.45) is 27.9 Å². The molecule has 0 aliphatic rings. The molecule has 196 valence electrons. The topological polar surface area (TPSA) is 208 Å². The highest BCUT2D eigenvalue weighted by atomic mass is 16.2. The quantitative estimate of drug-likeness (QED) is 0.0947. The smallest absolute Gasteiger partial charge is 0.243 e. The van der Waals surface area contributed by atoms with Gasteiger partial charge in [0.15, 0.2) is 5.96 Å². The molecule has 2 aromatic carbocycles. The summed E-state index contributed by atoms with van der Waals surface area (Å²) in [6.45, 7) is 0.284. The first-order valence-electron chi connectivity index (χ1n) is 12.0. The summed E-state index contributed by atoms with van der Waals surface area (Å²) >= 11 is 0. The summed E-state index contributed by atoms with van der Waals surface area (Å²) in [5.74, 6) is -1.78. The second kappa shape index (κ2) is 13.1. The summed E-state index contributed by atoms with van der Waals surface area (Å²) in [7, 11) is 0. The third-order valence-electron chi connectivity index (χ3n) is 5.97. The number of aliphatic imine (C=N–C) groups is 1. The average molecular weight is 507 g/mol. The zero-order chi connectivity index (χ0) is 26.8. The molecule has 3 aromatic rings. The van der Waals surface area contributed by atoms with Crippen LogP contribution in [0.2, 0.25) is 0 Å². The molecule has 3 rings (SSSR count). The lowest BCUT2D eigenvalue weighted by molar-refractivity contribution is -0.131. The summed E-state index contributed by atoms with van der Waals surface area (Å²) in [5, 5.41) is 6.36. The number of nitrogens with two attached hydrogens (primary N) is 4. The third kappa shape index (κ3) is 8.07. The normalized spacial score (nSPS) is 13.3. The maximum Gasteiger partial charge on any atom is 0.243 e. The summed E-state index contributed by atoms with van der Waals surface area (Å²) in [4.78, 5) is 45.4. The number of nitrogens with zero attached hydrogens (tertiary/aromatic N) is 1. The van der Waals surface area contributed by atoms with Gasteiger partial charge in [0, 0.05) is 30.1 Å². The number of hydrogen-bond donors (Lipinski definition) is 7. The first kappa shape index (κ1) is 27.2. The van der Waals surface area contributed by atoms with E-state index in [1.807, 2.05) is 54.6 Å². The average Bonchev–Trinajstić information content (AvgIpc) is 3.28. The highest BCUT2D eigenvalue weighted by Crippen LogP contribution is 2.19. The second-order valence-electron chi connectivity index (χ2n) is 8.83. The lowest BCUT2D eigenvalue weighted by Gasteiger charge is -2.23. The van der Waals surface area contributed by atoms with Gasteiger partial charge in [-0.15, -0.1) is 0 Å². The molecule has 3 amide bonds. The highest BCUT2D eigenvalue weighted by Gasteiger charge is 2.28. The molecule has 0 radical (unpaired) electrons. The SMILES string of the molecule is NC(=O)[C@H](CCCN=C(N)N)NC(=O)[C@H](Cc1c[nH]c2ccccc12)NC(=O)[C@@H](N)Cc1ccccc1. The molecule has 37 heavy (non-hydrogen) atoms. The molecular formula is C26H34N8O3. The number of aromatic amines is 1. The summed E-state index contributed by atoms with van der Waals surface area (Å²) in [6.07, 6.45) is 2.94. The molecule has 1 aromatic heterocycles. The maximum absolute atomic E-state index is 13.3. The minimum Gasteiger partial charge on any atom is -0.370 e. The Morgan fingerprint density at radius 3 is 2.24 bits per heavy atom. The lowest BCUT2D eigenvalue weighted by atomic mass is 10.0. The van der Waals surface area contributed by atoms with Gasteiger partial charge in [-0.1, -0.05) is 48.5 Å². The van der Waals surface area contributed by atoms with Crippen molar-refractivity contribution in [2.45, 2.75) is 43.8 Å². The predicted molar refractivity (Wildman–Crippen MR) is 143 cm³/mol. The number of aromatic nitrogens is 1. The fourth-order valence-corrected chi connectivity index (χ4v) is 4.03. The molecule has 3 atom stereocenters. The van der Waals surface area contributed by atoms with Crippen LogP contribution < -0.4 is 33.6 Å². The van der Waals surface area contributed by atoms with Crippen molar-refractivity contribution in [3.8, 4) is 0 Å². The summed E-state index contributed by atoms with van der Waals surface area (Å²) in [5.41, 5.74) is 25.0. The molecule has 0 aliphatic carbocycles. The lowest BCUT2D eigenvalue weighted by Crippen LogP contribution is -2.56. The Bertz CT molecular complexity index is 1240. The van der Waals surface area contributed by atoms with Crippen LogP contribution in [0.3, 0.4) is 0 Å². The number of rotatable bonds is 13. The van der Waals surface area contributed by atoms with E-state index in [2.05, 4.69) is 20.6 Å². The number of guanidine groups is 1. The number of benzene rings is 2. The Hall–Kier alpha value is -4.38. The molecular weight excluding hydrogens is 472 g/mol. The number of hydrogen-bond acceptors (Lipinski definition) is 5. The van der Waals surface area contributed by atoms with Gasteiger partial charge in [0.25, 0.3) is 0 Å². The van der Waals surface area contributed by atoms with E-state index in [-0.39, 0.29) is 25.3 Å². The number of carbonyl (C=O) groups excluding carboxylic acids is 3. The van der Waals surface area contributed by atoms with Crippen LogP contribution >= 0.6 is 0 Å². The van der Waals surface area contributed by atoms with E-state index in [1.165, 1.54) is 0 Å². The Morgan fingerprint density at radius 2 is 1.54 bits per heavy atom. The molecule has 11 N–H and O–H groups in total. The molecule has 0 saturated heterocycles. The summed E-state index contributed by atoms with van der Waals surface area (Å²) < 4.78 is 0. The minimum atomic E-state index is -0.993. The molecule has 0 fully saturated rings. The monoisotopic (exact) mass is 506 g/mol. The molecule has 0 unspecified atom stereocenters. The minimum absolute atomic E-state index is 0.0620. The van der Waals surface area contributed by atoms with Crippen LogP contribution in [0.15, 0.2) is 65.8 Å². The molecule has 1 heterocycles. The predicted octanol–water partition coefficient (Wildman–Crippen LogP) is -0.211. The van der Waals surface area contributed by atoms with Crippen LogP contribution in [-0.4, -0.2) is 53.3 Å². The van der Waals surface area contributed by atoms with Gasteiger partial charge < -0.3 is 38.6 Å². The first-order chi connectivity index (χ1) is 17.7. The number of H-pyrrole nitrogens is 1. The molecule has 0 aliphatic heterocycles. The van der Waals surface area contributed by atoms with Crippen LogP contribution in [-0.2, 0) is 27.2 Å². The summed E-state index contributed by atoms with van der Waals surface area (Å²) in [6, 6.07) is 14.2. The van der Waals surface area contributed by atoms with Crippen LogP contribution in [0.1, 0.15) is 24.0 Å². The number of primary amides is 1. The molecule has 11 nitrogen and oxygen atoms in total. The Morgan fingerprint density at radius 1 is 0.865 bits per heavy atom. The number of carbonyl (C=O) groups is 3. The third-order valence-corrected chi connectivity index (χ3v) is 5.97. The van der Waals surface area contributed by atoms with E-state index < -0.39 is 35.8 Å². The van der Waals surface area contributed by atoms with Crippen molar-refractivity contribution < 1.29 is 14.4 Å². The number of amides is 3. The van der Waals surface area contributed by atoms with Gasteiger partial charge in [-0.25, -0.2) is 0 Å². The van der Waals surface area contributed by atoms with E-state index in [4.69, 9.17) is 22.9 Å². The van der Waals surface area contributed by atoms with Gasteiger partial charge in [-0.3, -0.25) is 19.4 Å². The van der Waals surface area contributed by atoms with Gasteiger partial charge in [0.2, 0.25) is 17.7 Å². The van der Waals surface area contributed by atoms with Crippen molar-refractivity contribution in [1.82, 2.24) is 15.6 Å². The van der Waals surface area contributed by atoms with Gasteiger partial charge >= 0.3 is 0 Å². The molecule has 0 saturated carbocycles. The van der Waals surface area contributed by atoms with Gasteiger partial charge in [-0.05, 0) is 36.5 Å². The van der Waals surface area contributed by atoms with E-state index in [0.717, 1.165) is 22.0 Å². The van der Waals surface area contributed by atoms with E-state index in [9.17, 15) is 14.4 Å². The van der Waals surface area contributed by atoms with E-state index >= 15 is 0 Å². The maximum atomic E-state index is 13.3. The Balaban J connectivity index is 1.75. The molecule has 11 heteroatoms. The van der Waals surface area contributed by atoms with Crippen LogP contribution in [0, 0.1) is 0 Å². The van der Waals surface area contributed by atoms with Crippen molar-refractivity contribution in [3.63, 3.8) is 0 Å². The van der Waals surface area contributed by atoms with Crippen molar-refractivity contribution >= 4 is 34.6 Å². The van der Waals surface area contributed by atoms with Crippen LogP contribution in [0.4, 0.5) is 0 Å². The van der Waals surface area contributed by atoms with Gasteiger partial charge in [-0.2, -0.15) is 0 Å². The second-order valence-corrected chi connectivity index (χ2v) is 8.83. The zero-order valence-electron chi connectivity index (χ0n) is 20.5. The number of para-hydroxylation sites is 1. The van der Waals surface area contributed by atoms with Crippen molar-refractivity contribution in [2.75, 3.05) is 6.54 Å². The fraction of sp³-hybridized carbons (Fsp3) is 0.308. The van der Waals surface area contributed by atoms with Crippen LogP contribution in [0.25, 0.3) is 10.9 Å². The van der Waals surface area contributed by atoms with Gasteiger partial charge in [0.05, 0.1) is 6.04 Å². The highest BCUT2D eigenvalue weighted by molar-refractivity contribution is 5.93. The standard InChI is InChI=1S/C26H34N8O3/c27-19(13-16-7-2-1-3-8-16)24(36)34-22(14-17-15-32-20-10-5-4-9-18(17)20)25(37)33-21(23(28)35)11-6-12-31-26(29)30/h1-5,7-10,15,19,21-22,32H,6,11-14,27H2,(H2,28,35)(H,33,37)(H,34,36)(H4,29,30,31)/t19-,21-,22-/m0/s1. The molecule has 0 spiro atoms. The fourth-order valence-electron chi connectivity index (χ4n) is 4.03. The van der Waals surface area contributed by atoms with Crippen molar-refractivity contribution in [1.29, 1.82) is 0 Å². The largest absolute Gasteiger partial charge is 0.370 e. The molecule has 0 bridgehead atoms. The van der Waals surface area contributed by atoms with Gasteiger partial charge in [0.1, 0.15) is 12.1 Å². The Kier molecular flexibility index (Phi) is 9.61. The van der Waals surface area contributed by atoms with E-state index in [0.29, 0.717) is 12.8 Å². The van der Waals surface area contributed by atoms with Crippen LogP contribution in [0.5, 0.6) is 0 Å². The number of fused-ring (bicyclic) bond motifs is 1. The first-order valence-corrected chi connectivity index (χ1v) is 12.0. The van der Waals surface area contributed by atoms with Crippen molar-refractivity contribution in [3.05, 3.63) is 71.9 Å².